The lowest BCUT2D eigenvalue weighted by Crippen LogP contribution is -2.41. The smallest absolute Gasteiger partial charge is 0.394 e. The van der Waals surface area contributed by atoms with Crippen molar-refractivity contribution in [3.05, 3.63) is 60.3 Å². The number of carbonyl (C=O) groups excluding carboxylic acids is 1. The third-order valence-electron chi connectivity index (χ3n) is 7.95. The molecule has 1 aliphatic carbocycles. The molecule has 0 atom stereocenters. The highest BCUT2D eigenvalue weighted by Gasteiger charge is 2.62. The highest BCUT2D eigenvalue weighted by molar-refractivity contribution is 7.90. The van der Waals surface area contributed by atoms with Crippen LogP contribution < -0.4 is 14.4 Å². The summed E-state index contributed by atoms with van der Waals surface area (Å²) in [5, 5.41) is 4.32. The number of pyridine rings is 1. The van der Waals surface area contributed by atoms with Crippen LogP contribution in [0.15, 0.2) is 59.6 Å². The summed E-state index contributed by atoms with van der Waals surface area (Å²) in [5.74, 6) is -0.0502. The van der Waals surface area contributed by atoms with Crippen molar-refractivity contribution in [1.29, 1.82) is 0 Å². The van der Waals surface area contributed by atoms with E-state index in [1.807, 2.05) is 18.7 Å². The van der Waals surface area contributed by atoms with Gasteiger partial charge >= 0.3 is 6.18 Å². The normalized spacial score (nSPS) is 19.0. The van der Waals surface area contributed by atoms with Crippen molar-refractivity contribution in [1.82, 2.24) is 19.5 Å². The van der Waals surface area contributed by atoms with Gasteiger partial charge in [-0.1, -0.05) is 32.0 Å². The SMILES string of the molecule is CC1(C)CN(c2nc(-n3ccc(OCCC4(C(F)(F)F)CC4)n3)ccc2C(=O)NS(=O)(=O)c2ccccc2)C(C)(C)C1. The maximum Gasteiger partial charge on any atom is 0.394 e. The molecule has 1 saturated carbocycles. The molecule has 1 amide bonds. The second kappa shape index (κ2) is 10.3. The standard InChI is InChI=1S/C29H34F3N5O4S/c1-26(2)18-27(3,4)36(19-26)24-21(25(38)35-42(39,40)20-8-6-5-7-9-20)10-11-22(33-24)37-16-12-23(34-37)41-17-15-28(13-14-28)29(30,31)32/h5-12,16H,13-15,17-19H2,1-4H3,(H,35,38). The molecule has 1 N–H and O–H groups in total. The topological polar surface area (TPSA) is 106 Å². The first-order valence-electron chi connectivity index (χ1n) is 13.7. The van der Waals surface area contributed by atoms with Crippen LogP contribution in [0.3, 0.4) is 0 Å². The Morgan fingerprint density at radius 1 is 1.05 bits per heavy atom. The quantitative estimate of drug-likeness (QED) is 0.343. The van der Waals surface area contributed by atoms with Gasteiger partial charge in [-0.25, -0.2) is 22.8 Å². The number of alkyl halides is 3. The molecule has 3 heterocycles. The Kier molecular flexibility index (Phi) is 7.31. The molecule has 0 spiro atoms. The summed E-state index contributed by atoms with van der Waals surface area (Å²) < 4.78 is 74.6. The van der Waals surface area contributed by atoms with Crippen LogP contribution in [0, 0.1) is 10.8 Å². The first-order valence-corrected chi connectivity index (χ1v) is 15.2. The fourth-order valence-electron chi connectivity index (χ4n) is 5.80. The number of ether oxygens (including phenoxy) is 1. The van der Waals surface area contributed by atoms with Crippen molar-refractivity contribution >= 4 is 21.7 Å². The van der Waals surface area contributed by atoms with E-state index in [2.05, 4.69) is 23.7 Å². The number of hydrogen-bond acceptors (Lipinski definition) is 7. The zero-order chi connectivity index (χ0) is 30.6. The molecule has 0 bridgehead atoms. The number of nitrogens with zero attached hydrogens (tertiary/aromatic N) is 4. The predicted octanol–water partition coefficient (Wildman–Crippen LogP) is 5.51. The number of carbonyl (C=O) groups is 1. The van der Waals surface area contributed by atoms with Crippen LogP contribution in [0.25, 0.3) is 5.82 Å². The lowest BCUT2D eigenvalue weighted by molar-refractivity contribution is -0.190. The molecule has 2 aliphatic rings. The summed E-state index contributed by atoms with van der Waals surface area (Å²) in [6.45, 7) is 8.73. The number of amides is 1. The lowest BCUT2D eigenvalue weighted by atomic mass is 9.86. The van der Waals surface area contributed by atoms with Crippen molar-refractivity contribution in [3.63, 3.8) is 0 Å². The molecule has 1 saturated heterocycles. The molecular weight excluding hydrogens is 571 g/mol. The van der Waals surface area contributed by atoms with Crippen molar-refractivity contribution < 1.29 is 31.1 Å². The van der Waals surface area contributed by atoms with Crippen LogP contribution in [0.5, 0.6) is 5.88 Å². The number of aromatic nitrogens is 3. The van der Waals surface area contributed by atoms with E-state index < -0.39 is 33.1 Å². The number of hydrogen-bond donors (Lipinski definition) is 1. The Hall–Kier alpha value is -3.61. The van der Waals surface area contributed by atoms with Crippen LogP contribution in [0.4, 0.5) is 19.0 Å². The largest absolute Gasteiger partial charge is 0.477 e. The average molecular weight is 606 g/mol. The highest BCUT2D eigenvalue weighted by Crippen LogP contribution is 2.59. The van der Waals surface area contributed by atoms with Gasteiger partial charge in [-0.05, 0) is 69.2 Å². The number of benzene rings is 1. The second-order valence-electron chi connectivity index (χ2n) is 12.5. The summed E-state index contributed by atoms with van der Waals surface area (Å²) >= 11 is 0. The molecule has 0 radical (unpaired) electrons. The van der Waals surface area contributed by atoms with Crippen molar-refractivity contribution in [2.45, 2.75) is 70.0 Å². The number of halogens is 3. The van der Waals surface area contributed by atoms with Crippen molar-refractivity contribution in [2.75, 3.05) is 18.1 Å². The second-order valence-corrected chi connectivity index (χ2v) is 14.2. The third-order valence-corrected chi connectivity index (χ3v) is 9.30. The number of nitrogens with one attached hydrogen (secondary N) is 1. The molecule has 5 rings (SSSR count). The maximum atomic E-state index is 13.4. The monoisotopic (exact) mass is 605 g/mol. The zero-order valence-corrected chi connectivity index (χ0v) is 24.7. The van der Waals surface area contributed by atoms with Gasteiger partial charge in [-0.15, -0.1) is 5.10 Å². The summed E-state index contributed by atoms with van der Waals surface area (Å²) in [4.78, 5) is 20.1. The number of rotatable bonds is 9. The molecule has 3 aromatic rings. The summed E-state index contributed by atoms with van der Waals surface area (Å²) in [6.07, 6.45) is -1.80. The minimum Gasteiger partial charge on any atom is -0.477 e. The van der Waals surface area contributed by atoms with Gasteiger partial charge in [-0.2, -0.15) is 13.2 Å². The van der Waals surface area contributed by atoms with E-state index in [9.17, 15) is 26.4 Å². The van der Waals surface area contributed by atoms with Crippen LogP contribution >= 0.6 is 0 Å². The van der Waals surface area contributed by atoms with E-state index in [0.29, 0.717) is 18.2 Å². The van der Waals surface area contributed by atoms with E-state index >= 15 is 0 Å². The Morgan fingerprint density at radius 3 is 2.33 bits per heavy atom. The molecule has 2 aromatic heterocycles. The number of anilines is 1. The summed E-state index contributed by atoms with van der Waals surface area (Å²) in [5.41, 5.74) is -2.09. The van der Waals surface area contributed by atoms with E-state index in [0.717, 1.165) is 6.42 Å². The first kappa shape index (κ1) is 29.9. The van der Waals surface area contributed by atoms with Gasteiger partial charge in [0.25, 0.3) is 15.9 Å². The minimum absolute atomic E-state index is 0.0426. The Bertz CT molecular complexity index is 1580. The van der Waals surface area contributed by atoms with Gasteiger partial charge in [0.15, 0.2) is 5.82 Å². The summed E-state index contributed by atoms with van der Waals surface area (Å²) in [6, 6.07) is 12.2. The van der Waals surface area contributed by atoms with E-state index in [-0.39, 0.29) is 47.6 Å². The molecule has 9 nitrogen and oxygen atoms in total. The number of sulfonamides is 1. The van der Waals surface area contributed by atoms with E-state index in [1.54, 1.807) is 24.4 Å². The highest BCUT2D eigenvalue weighted by atomic mass is 32.2. The van der Waals surface area contributed by atoms with Crippen molar-refractivity contribution in [3.8, 4) is 11.7 Å². The molecule has 2 fully saturated rings. The third kappa shape index (κ3) is 5.97. The van der Waals surface area contributed by atoms with E-state index in [4.69, 9.17) is 9.72 Å². The van der Waals surface area contributed by atoms with Gasteiger partial charge in [0, 0.05) is 24.3 Å². The molecular formula is C29H34F3N5O4S. The maximum absolute atomic E-state index is 13.4. The fourth-order valence-corrected chi connectivity index (χ4v) is 6.79. The van der Waals surface area contributed by atoms with Crippen LogP contribution in [0.1, 0.15) is 63.7 Å². The van der Waals surface area contributed by atoms with Crippen molar-refractivity contribution in [2.24, 2.45) is 10.8 Å². The molecule has 1 aliphatic heterocycles. The first-order chi connectivity index (χ1) is 19.5. The molecule has 0 unspecified atom stereocenters. The molecule has 226 valence electrons. The Balaban J connectivity index is 1.42. The van der Waals surface area contributed by atoms with Gasteiger partial charge in [0.05, 0.1) is 22.5 Å². The van der Waals surface area contributed by atoms with Crippen LogP contribution in [-0.2, 0) is 10.0 Å². The van der Waals surface area contributed by atoms with Gasteiger partial charge < -0.3 is 9.64 Å². The molecule has 42 heavy (non-hydrogen) atoms. The van der Waals surface area contributed by atoms with E-state index in [1.165, 1.54) is 35.0 Å². The fraction of sp³-hybridized carbons (Fsp3) is 0.483. The van der Waals surface area contributed by atoms with Crippen LogP contribution in [0.2, 0.25) is 0 Å². The average Bonchev–Trinajstić information content (AvgIpc) is 3.49. The predicted molar refractivity (Wildman–Crippen MR) is 150 cm³/mol. The lowest BCUT2D eigenvalue weighted by Gasteiger charge is -2.34. The summed E-state index contributed by atoms with van der Waals surface area (Å²) in [7, 11) is -4.13. The van der Waals surface area contributed by atoms with Gasteiger partial charge in [0.1, 0.15) is 5.82 Å². The van der Waals surface area contributed by atoms with Gasteiger partial charge in [-0.3, -0.25) is 4.79 Å². The Labute approximate surface area is 243 Å². The zero-order valence-electron chi connectivity index (χ0n) is 23.9. The van der Waals surface area contributed by atoms with Crippen LogP contribution in [-0.4, -0.2) is 54.0 Å². The minimum atomic E-state index is -4.25. The molecule has 13 heteroatoms. The molecule has 1 aromatic carbocycles. The van der Waals surface area contributed by atoms with Gasteiger partial charge in [0.2, 0.25) is 5.88 Å². The Morgan fingerprint density at radius 2 is 1.74 bits per heavy atom.